The summed E-state index contributed by atoms with van der Waals surface area (Å²) in [5.41, 5.74) is 1.98. The number of aliphatic hydroxyl groups is 1. The van der Waals surface area contributed by atoms with Crippen molar-refractivity contribution in [3.05, 3.63) is 97.1 Å². The minimum Gasteiger partial charge on any atom is -0.463 e. The molecule has 0 bridgehead atoms. The molecule has 216 valence electrons. The average molecular weight is 549 g/mol. The Hall–Kier alpha value is -3.71. The van der Waals surface area contributed by atoms with Gasteiger partial charge in [-0.25, -0.2) is 0 Å². The topological polar surface area (TPSA) is 95.9 Å². The Labute approximate surface area is 238 Å². The number of rotatable bonds is 18. The van der Waals surface area contributed by atoms with Gasteiger partial charge in [0, 0.05) is 19.5 Å². The van der Waals surface area contributed by atoms with E-state index in [4.69, 9.17) is 4.74 Å². The summed E-state index contributed by atoms with van der Waals surface area (Å²) < 4.78 is 5.69. The molecule has 0 saturated heterocycles. The van der Waals surface area contributed by atoms with Gasteiger partial charge in [-0.2, -0.15) is 0 Å². The number of allylic oxidation sites excluding steroid dienone is 2. The lowest BCUT2D eigenvalue weighted by Gasteiger charge is -2.27. The van der Waals surface area contributed by atoms with Crippen molar-refractivity contribution in [3.8, 4) is 0 Å². The number of ether oxygens (including phenoxy) is 1. The van der Waals surface area contributed by atoms with Crippen LogP contribution in [-0.4, -0.2) is 53.6 Å². The standard InChI is InChI=1S/C33H44N2O5/c1-5-13-28(22-31(37)35(19-20-36)23-27-17-11-8-12-18-27)32(38)34-30(25(3)4)24-40-33(39)29(14-6-2)21-26-15-9-7-10-16-26/h5-12,15-18,25,28-30,36H,1-2,13-14,19-24H2,3-4H3,(H,34,38)/t28-,29+,30-/m1/s1. The number of esters is 1. The van der Waals surface area contributed by atoms with Crippen LogP contribution in [-0.2, 0) is 32.1 Å². The SMILES string of the molecule is C=CC[C@H](CC(=O)N(CCO)Cc1ccccc1)C(=O)N[C@H](COC(=O)[C@@H](CC=C)Cc1ccccc1)C(C)C. The molecule has 0 fully saturated rings. The Balaban J connectivity index is 2.02. The molecule has 0 radical (unpaired) electrons. The average Bonchev–Trinajstić information content (AvgIpc) is 2.95. The number of hydrogen-bond donors (Lipinski definition) is 2. The molecule has 2 aromatic rings. The van der Waals surface area contributed by atoms with E-state index in [2.05, 4.69) is 18.5 Å². The monoisotopic (exact) mass is 548 g/mol. The van der Waals surface area contributed by atoms with E-state index in [0.29, 0.717) is 25.8 Å². The quantitative estimate of drug-likeness (QED) is 0.208. The highest BCUT2D eigenvalue weighted by atomic mass is 16.5. The number of benzene rings is 2. The van der Waals surface area contributed by atoms with Crippen LogP contribution in [0.2, 0.25) is 0 Å². The summed E-state index contributed by atoms with van der Waals surface area (Å²) in [5.74, 6) is -1.85. The minimum atomic E-state index is -0.634. The first-order chi connectivity index (χ1) is 19.3. The molecule has 0 aliphatic heterocycles. The third kappa shape index (κ3) is 11.2. The second-order valence-electron chi connectivity index (χ2n) is 10.4. The number of carbonyl (C=O) groups excluding carboxylic acids is 3. The molecule has 7 heteroatoms. The minimum absolute atomic E-state index is 0.00669. The van der Waals surface area contributed by atoms with E-state index in [9.17, 15) is 19.5 Å². The van der Waals surface area contributed by atoms with Crippen molar-refractivity contribution in [2.24, 2.45) is 17.8 Å². The van der Waals surface area contributed by atoms with Gasteiger partial charge in [-0.1, -0.05) is 86.7 Å². The predicted octanol–water partition coefficient (Wildman–Crippen LogP) is 4.71. The van der Waals surface area contributed by atoms with Crippen LogP contribution in [0.1, 0.15) is 44.2 Å². The molecule has 3 atom stereocenters. The van der Waals surface area contributed by atoms with Crippen molar-refractivity contribution < 1.29 is 24.2 Å². The summed E-state index contributed by atoms with van der Waals surface area (Å²) in [6.07, 6.45) is 4.67. The van der Waals surface area contributed by atoms with Crippen molar-refractivity contribution in [1.29, 1.82) is 0 Å². The first-order valence-electron chi connectivity index (χ1n) is 13.9. The molecule has 0 aromatic heterocycles. The summed E-state index contributed by atoms with van der Waals surface area (Å²) in [4.78, 5) is 41.0. The zero-order valence-electron chi connectivity index (χ0n) is 23.8. The van der Waals surface area contributed by atoms with E-state index in [-0.39, 0.29) is 55.8 Å². The molecule has 2 N–H and O–H groups in total. The zero-order chi connectivity index (χ0) is 29.3. The predicted molar refractivity (Wildman–Crippen MR) is 158 cm³/mol. The number of nitrogens with zero attached hydrogens (tertiary/aromatic N) is 1. The van der Waals surface area contributed by atoms with Gasteiger partial charge in [0.25, 0.3) is 0 Å². The summed E-state index contributed by atoms with van der Waals surface area (Å²) in [6, 6.07) is 18.9. The lowest BCUT2D eigenvalue weighted by atomic mass is 9.96. The van der Waals surface area contributed by atoms with Crippen LogP contribution < -0.4 is 5.32 Å². The highest BCUT2D eigenvalue weighted by molar-refractivity contribution is 5.86. The van der Waals surface area contributed by atoms with Crippen LogP contribution in [0.15, 0.2) is 86.0 Å². The summed E-state index contributed by atoms with van der Waals surface area (Å²) >= 11 is 0. The van der Waals surface area contributed by atoms with E-state index >= 15 is 0 Å². The van der Waals surface area contributed by atoms with Gasteiger partial charge in [0.1, 0.15) is 6.61 Å². The van der Waals surface area contributed by atoms with E-state index in [1.54, 1.807) is 17.1 Å². The Morgan fingerprint density at radius 2 is 1.50 bits per heavy atom. The molecule has 0 unspecified atom stereocenters. The highest BCUT2D eigenvalue weighted by Gasteiger charge is 2.28. The number of aliphatic hydroxyl groups excluding tert-OH is 1. The van der Waals surface area contributed by atoms with Gasteiger partial charge in [0.05, 0.1) is 24.5 Å². The Bertz CT molecular complexity index is 1070. The van der Waals surface area contributed by atoms with Gasteiger partial charge < -0.3 is 20.1 Å². The molecule has 2 aromatic carbocycles. The molecule has 0 aliphatic carbocycles. The van der Waals surface area contributed by atoms with Gasteiger partial charge >= 0.3 is 5.97 Å². The lowest BCUT2D eigenvalue weighted by Crippen LogP contribution is -2.46. The van der Waals surface area contributed by atoms with E-state index < -0.39 is 12.0 Å². The third-order valence-corrected chi connectivity index (χ3v) is 6.83. The van der Waals surface area contributed by atoms with Crippen LogP contribution in [0.3, 0.4) is 0 Å². The van der Waals surface area contributed by atoms with Crippen LogP contribution in [0.25, 0.3) is 0 Å². The van der Waals surface area contributed by atoms with E-state index in [1.165, 1.54) is 0 Å². The molecular weight excluding hydrogens is 504 g/mol. The second-order valence-corrected chi connectivity index (χ2v) is 10.4. The summed E-state index contributed by atoms with van der Waals surface area (Å²) in [6.45, 7) is 11.8. The Kier molecular flexibility index (Phi) is 14.5. The van der Waals surface area contributed by atoms with Gasteiger partial charge in [-0.05, 0) is 36.3 Å². The second kappa shape index (κ2) is 17.8. The normalized spacial score (nSPS) is 13.1. The first-order valence-corrected chi connectivity index (χ1v) is 13.9. The van der Waals surface area contributed by atoms with Crippen molar-refractivity contribution in [2.75, 3.05) is 19.8 Å². The molecule has 7 nitrogen and oxygen atoms in total. The highest BCUT2D eigenvalue weighted by Crippen LogP contribution is 2.18. The maximum atomic E-state index is 13.3. The van der Waals surface area contributed by atoms with Crippen LogP contribution >= 0.6 is 0 Å². The largest absolute Gasteiger partial charge is 0.463 e. The fraction of sp³-hybridized carbons (Fsp3) is 0.424. The number of nitrogens with one attached hydrogen (secondary N) is 1. The molecule has 40 heavy (non-hydrogen) atoms. The Morgan fingerprint density at radius 1 is 0.925 bits per heavy atom. The Morgan fingerprint density at radius 3 is 2.05 bits per heavy atom. The van der Waals surface area contributed by atoms with Crippen molar-refractivity contribution in [3.63, 3.8) is 0 Å². The summed E-state index contributed by atoms with van der Waals surface area (Å²) in [5, 5.41) is 12.5. The molecular formula is C33H44N2O5. The van der Waals surface area contributed by atoms with Crippen molar-refractivity contribution in [2.45, 2.75) is 52.1 Å². The maximum absolute atomic E-state index is 13.3. The maximum Gasteiger partial charge on any atom is 0.309 e. The van der Waals surface area contributed by atoms with Gasteiger partial charge in [-0.15, -0.1) is 13.2 Å². The molecule has 0 saturated carbocycles. The zero-order valence-corrected chi connectivity index (χ0v) is 23.8. The smallest absolute Gasteiger partial charge is 0.309 e. The summed E-state index contributed by atoms with van der Waals surface area (Å²) in [7, 11) is 0. The van der Waals surface area contributed by atoms with Gasteiger partial charge in [0.2, 0.25) is 11.8 Å². The van der Waals surface area contributed by atoms with Crippen LogP contribution in [0, 0.1) is 17.8 Å². The van der Waals surface area contributed by atoms with Crippen molar-refractivity contribution in [1.82, 2.24) is 10.2 Å². The molecule has 0 spiro atoms. The third-order valence-electron chi connectivity index (χ3n) is 6.83. The molecule has 0 heterocycles. The van der Waals surface area contributed by atoms with Crippen LogP contribution in [0.5, 0.6) is 0 Å². The lowest BCUT2D eigenvalue weighted by molar-refractivity contribution is -0.150. The fourth-order valence-electron chi connectivity index (χ4n) is 4.39. The number of hydrogen-bond acceptors (Lipinski definition) is 5. The number of amides is 2. The van der Waals surface area contributed by atoms with Crippen molar-refractivity contribution >= 4 is 17.8 Å². The molecule has 2 amide bonds. The molecule has 0 aliphatic rings. The fourth-order valence-corrected chi connectivity index (χ4v) is 4.39. The first kappa shape index (κ1) is 32.5. The van der Waals surface area contributed by atoms with Crippen LogP contribution in [0.4, 0.5) is 0 Å². The number of carbonyl (C=O) groups is 3. The molecule has 2 rings (SSSR count). The van der Waals surface area contributed by atoms with Gasteiger partial charge in [-0.3, -0.25) is 14.4 Å². The van der Waals surface area contributed by atoms with Gasteiger partial charge in [0.15, 0.2) is 0 Å². The van der Waals surface area contributed by atoms with E-state index in [1.807, 2.05) is 74.5 Å². The van der Waals surface area contributed by atoms with E-state index in [0.717, 1.165) is 11.1 Å².